The first-order chi connectivity index (χ1) is 14.7. The Bertz CT molecular complexity index is 1140. The van der Waals surface area contributed by atoms with Crippen LogP contribution in [0.5, 0.6) is 5.75 Å². The van der Waals surface area contributed by atoms with Crippen LogP contribution in [-0.2, 0) is 11.2 Å². The first-order valence-corrected chi connectivity index (χ1v) is 10.2. The normalized spacial score (nSPS) is 11.0. The number of hydrogen-bond donors (Lipinski definition) is 1. The molecule has 0 atom stereocenters. The van der Waals surface area contributed by atoms with Gasteiger partial charge >= 0.3 is 5.97 Å². The van der Waals surface area contributed by atoms with Crippen LogP contribution in [0.2, 0.25) is 0 Å². The molecular weight excluding hydrogens is 376 g/mol. The Morgan fingerprint density at radius 2 is 1.53 bits per heavy atom. The summed E-state index contributed by atoms with van der Waals surface area (Å²) in [6, 6.07) is 24.1. The van der Waals surface area contributed by atoms with Gasteiger partial charge in [0.05, 0.1) is 0 Å². The molecule has 0 saturated heterocycles. The number of benzene rings is 3. The van der Waals surface area contributed by atoms with Crippen LogP contribution in [-0.4, -0.2) is 17.7 Å². The van der Waals surface area contributed by atoms with Gasteiger partial charge in [-0.3, -0.25) is 0 Å². The quantitative estimate of drug-likeness (QED) is 0.363. The number of carboxylic acid groups (broad SMARTS) is 1. The maximum Gasteiger partial charge on any atom is 0.341 e. The molecule has 4 nitrogen and oxygen atoms in total. The average molecular weight is 400 g/mol. The van der Waals surface area contributed by atoms with Gasteiger partial charge in [0.15, 0.2) is 6.61 Å². The van der Waals surface area contributed by atoms with Crippen molar-refractivity contribution in [3.8, 4) is 28.0 Å². The number of ether oxygens (including phenoxy) is 1. The van der Waals surface area contributed by atoms with Crippen LogP contribution in [0.4, 0.5) is 0 Å². The summed E-state index contributed by atoms with van der Waals surface area (Å²) in [5, 5.41) is 9.86. The molecule has 1 aromatic heterocycles. The highest BCUT2D eigenvalue weighted by Crippen LogP contribution is 2.36. The van der Waals surface area contributed by atoms with Crippen molar-refractivity contribution in [1.29, 1.82) is 0 Å². The number of carboxylic acids is 1. The topological polar surface area (TPSA) is 59.7 Å². The standard InChI is InChI=1S/C26H24O4/c1-2-3-7-24-26(22-6-4-5-8-23(22)30-24)20-11-9-18(10-12-20)19-13-15-21(16-14-19)29-17-25(27)28/h4-6,8-16H,2-3,7,17H2,1H3,(H,27,28). The van der Waals surface area contributed by atoms with Crippen molar-refractivity contribution >= 4 is 16.9 Å². The summed E-state index contributed by atoms with van der Waals surface area (Å²) in [6.07, 6.45) is 3.16. The Hall–Kier alpha value is -3.53. The molecule has 30 heavy (non-hydrogen) atoms. The van der Waals surface area contributed by atoms with E-state index in [1.54, 1.807) is 12.1 Å². The van der Waals surface area contributed by atoms with Crippen molar-refractivity contribution in [2.24, 2.45) is 0 Å². The second-order valence-corrected chi connectivity index (χ2v) is 7.28. The third-order valence-corrected chi connectivity index (χ3v) is 5.15. The summed E-state index contributed by atoms with van der Waals surface area (Å²) in [6.45, 7) is 1.85. The fourth-order valence-electron chi connectivity index (χ4n) is 3.64. The first kappa shape index (κ1) is 19.8. The van der Waals surface area contributed by atoms with Crippen LogP contribution in [0.1, 0.15) is 25.5 Å². The zero-order valence-corrected chi connectivity index (χ0v) is 16.9. The minimum Gasteiger partial charge on any atom is -0.482 e. The molecule has 4 rings (SSSR count). The minimum atomic E-state index is -0.986. The van der Waals surface area contributed by atoms with E-state index in [2.05, 4.69) is 37.3 Å². The molecule has 0 bridgehead atoms. The lowest BCUT2D eigenvalue weighted by molar-refractivity contribution is -0.139. The Labute approximate surface area is 175 Å². The van der Waals surface area contributed by atoms with Crippen molar-refractivity contribution in [3.63, 3.8) is 0 Å². The fourth-order valence-corrected chi connectivity index (χ4v) is 3.64. The van der Waals surface area contributed by atoms with E-state index in [1.165, 1.54) is 5.56 Å². The van der Waals surface area contributed by atoms with E-state index in [0.29, 0.717) is 5.75 Å². The molecule has 0 aliphatic carbocycles. The molecule has 0 amide bonds. The van der Waals surface area contributed by atoms with E-state index in [1.807, 2.05) is 30.3 Å². The number of aliphatic carboxylic acids is 1. The predicted molar refractivity (Wildman–Crippen MR) is 119 cm³/mol. The number of aryl methyl sites for hydroxylation is 1. The largest absolute Gasteiger partial charge is 0.482 e. The zero-order valence-electron chi connectivity index (χ0n) is 16.9. The van der Waals surface area contributed by atoms with Crippen LogP contribution < -0.4 is 4.74 Å². The number of fused-ring (bicyclic) bond motifs is 1. The Morgan fingerprint density at radius 3 is 2.20 bits per heavy atom. The van der Waals surface area contributed by atoms with E-state index in [0.717, 1.165) is 52.7 Å². The Kier molecular flexibility index (Phi) is 5.84. The lowest BCUT2D eigenvalue weighted by Crippen LogP contribution is -2.09. The van der Waals surface area contributed by atoms with Gasteiger partial charge in [-0.05, 0) is 41.3 Å². The summed E-state index contributed by atoms with van der Waals surface area (Å²) in [5.41, 5.74) is 5.40. The molecular formula is C26H24O4. The van der Waals surface area contributed by atoms with E-state index >= 15 is 0 Å². The number of furan rings is 1. The first-order valence-electron chi connectivity index (χ1n) is 10.2. The van der Waals surface area contributed by atoms with Crippen molar-refractivity contribution < 1.29 is 19.1 Å². The average Bonchev–Trinajstić information content (AvgIpc) is 3.15. The van der Waals surface area contributed by atoms with Crippen molar-refractivity contribution in [1.82, 2.24) is 0 Å². The van der Waals surface area contributed by atoms with Crippen molar-refractivity contribution in [3.05, 3.63) is 78.6 Å². The Morgan fingerprint density at radius 1 is 0.900 bits per heavy atom. The van der Waals surface area contributed by atoms with Gasteiger partial charge in [0.2, 0.25) is 0 Å². The third kappa shape index (κ3) is 4.23. The molecule has 0 aliphatic rings. The molecule has 0 aliphatic heterocycles. The SMILES string of the molecule is CCCCc1oc2ccccc2c1-c1ccc(-c2ccc(OCC(=O)O)cc2)cc1. The molecule has 1 N–H and O–H groups in total. The highest BCUT2D eigenvalue weighted by Gasteiger charge is 2.15. The molecule has 0 radical (unpaired) electrons. The highest BCUT2D eigenvalue weighted by molar-refractivity contribution is 5.96. The van der Waals surface area contributed by atoms with E-state index in [-0.39, 0.29) is 6.61 Å². The highest BCUT2D eigenvalue weighted by atomic mass is 16.5. The number of unbranched alkanes of at least 4 members (excludes halogenated alkanes) is 1. The van der Waals surface area contributed by atoms with Gasteiger partial charge in [-0.1, -0.05) is 67.9 Å². The van der Waals surface area contributed by atoms with E-state index in [4.69, 9.17) is 14.3 Å². The molecule has 152 valence electrons. The van der Waals surface area contributed by atoms with Crippen LogP contribution in [0.25, 0.3) is 33.2 Å². The summed E-state index contributed by atoms with van der Waals surface area (Å²) in [4.78, 5) is 10.6. The Balaban J connectivity index is 1.62. The molecule has 0 saturated carbocycles. The molecule has 4 aromatic rings. The lowest BCUT2D eigenvalue weighted by Gasteiger charge is -2.08. The number of carbonyl (C=O) groups is 1. The molecule has 0 spiro atoms. The second-order valence-electron chi connectivity index (χ2n) is 7.28. The zero-order chi connectivity index (χ0) is 20.9. The van der Waals surface area contributed by atoms with Crippen LogP contribution in [0.15, 0.2) is 77.2 Å². The number of rotatable bonds is 8. The maximum atomic E-state index is 10.6. The van der Waals surface area contributed by atoms with Gasteiger partial charge in [0, 0.05) is 17.4 Å². The lowest BCUT2D eigenvalue weighted by atomic mass is 9.97. The fraction of sp³-hybridized carbons (Fsp3) is 0.192. The smallest absolute Gasteiger partial charge is 0.341 e. The van der Waals surface area contributed by atoms with Gasteiger partial charge in [-0.25, -0.2) is 4.79 Å². The van der Waals surface area contributed by atoms with E-state index in [9.17, 15) is 4.79 Å². The van der Waals surface area contributed by atoms with Crippen LogP contribution in [0.3, 0.4) is 0 Å². The third-order valence-electron chi connectivity index (χ3n) is 5.15. The monoisotopic (exact) mass is 400 g/mol. The summed E-state index contributed by atoms with van der Waals surface area (Å²) < 4.78 is 11.4. The molecule has 1 heterocycles. The predicted octanol–water partition coefficient (Wildman–Crippen LogP) is 6.57. The summed E-state index contributed by atoms with van der Waals surface area (Å²) in [5.74, 6) is 0.605. The maximum absolute atomic E-state index is 10.6. The van der Waals surface area contributed by atoms with Crippen LogP contribution >= 0.6 is 0 Å². The molecule has 3 aromatic carbocycles. The molecule has 4 heteroatoms. The van der Waals surface area contributed by atoms with Gasteiger partial charge in [-0.2, -0.15) is 0 Å². The van der Waals surface area contributed by atoms with Gasteiger partial charge in [0.1, 0.15) is 17.1 Å². The second kappa shape index (κ2) is 8.87. The summed E-state index contributed by atoms with van der Waals surface area (Å²) >= 11 is 0. The van der Waals surface area contributed by atoms with Crippen molar-refractivity contribution in [2.75, 3.05) is 6.61 Å². The van der Waals surface area contributed by atoms with Gasteiger partial charge < -0.3 is 14.3 Å². The number of hydrogen-bond acceptors (Lipinski definition) is 3. The van der Waals surface area contributed by atoms with Crippen LogP contribution in [0, 0.1) is 0 Å². The molecule has 0 fully saturated rings. The van der Waals surface area contributed by atoms with Crippen molar-refractivity contribution in [2.45, 2.75) is 26.2 Å². The van der Waals surface area contributed by atoms with E-state index < -0.39 is 5.97 Å². The number of para-hydroxylation sites is 1. The van der Waals surface area contributed by atoms with Gasteiger partial charge in [-0.15, -0.1) is 0 Å². The molecule has 0 unspecified atom stereocenters. The summed E-state index contributed by atoms with van der Waals surface area (Å²) in [7, 11) is 0. The minimum absolute atomic E-state index is 0.340. The van der Waals surface area contributed by atoms with Gasteiger partial charge in [0.25, 0.3) is 0 Å².